The number of amides is 1. The first-order chi connectivity index (χ1) is 11.5. The summed E-state index contributed by atoms with van der Waals surface area (Å²) in [6.07, 6.45) is 2.88. The molecule has 25 heavy (non-hydrogen) atoms. The standard InChI is InChI=1S/C17H25N3O3S.ClH/c1-14-4-2-3-11-20(14)24(22,23)16-7-5-15(6-8-16)17(21)19-12-9-18-10-13-19;/h5-8,14,18H,2-4,9-13H2,1H3;1H. The average molecular weight is 388 g/mol. The maximum Gasteiger partial charge on any atom is 0.253 e. The van der Waals surface area contributed by atoms with E-state index in [1.54, 1.807) is 33.5 Å². The Morgan fingerprint density at radius 1 is 1.08 bits per heavy atom. The zero-order chi connectivity index (χ0) is 17.2. The van der Waals surface area contributed by atoms with Gasteiger partial charge in [-0.05, 0) is 44.0 Å². The smallest absolute Gasteiger partial charge is 0.253 e. The molecule has 2 saturated heterocycles. The van der Waals surface area contributed by atoms with Crippen LogP contribution in [0.2, 0.25) is 0 Å². The first-order valence-corrected chi connectivity index (χ1v) is 10.1. The van der Waals surface area contributed by atoms with Crippen LogP contribution in [0.4, 0.5) is 0 Å². The third-order valence-electron chi connectivity index (χ3n) is 4.85. The van der Waals surface area contributed by atoms with Gasteiger partial charge in [0.05, 0.1) is 4.90 Å². The first-order valence-electron chi connectivity index (χ1n) is 8.62. The Bertz CT molecular complexity index is 688. The second kappa shape index (κ2) is 8.49. The van der Waals surface area contributed by atoms with Crippen LogP contribution in [0.15, 0.2) is 29.2 Å². The molecule has 6 nitrogen and oxygen atoms in total. The molecule has 2 aliphatic rings. The Labute approximate surface area is 156 Å². The lowest BCUT2D eigenvalue weighted by Gasteiger charge is -2.32. The van der Waals surface area contributed by atoms with Crippen molar-refractivity contribution in [3.05, 3.63) is 29.8 Å². The molecule has 140 valence electrons. The van der Waals surface area contributed by atoms with E-state index in [0.717, 1.165) is 32.4 Å². The summed E-state index contributed by atoms with van der Waals surface area (Å²) in [4.78, 5) is 14.5. The van der Waals surface area contributed by atoms with Crippen molar-refractivity contribution in [3.63, 3.8) is 0 Å². The van der Waals surface area contributed by atoms with E-state index in [-0.39, 0.29) is 29.3 Å². The number of benzene rings is 1. The van der Waals surface area contributed by atoms with Gasteiger partial charge in [0.15, 0.2) is 0 Å². The molecular weight excluding hydrogens is 362 g/mol. The third kappa shape index (κ3) is 4.34. The molecule has 0 bridgehead atoms. The molecule has 2 fully saturated rings. The van der Waals surface area contributed by atoms with E-state index >= 15 is 0 Å². The van der Waals surface area contributed by atoms with Gasteiger partial charge < -0.3 is 10.2 Å². The fourth-order valence-electron chi connectivity index (χ4n) is 3.38. The van der Waals surface area contributed by atoms with Gasteiger partial charge in [-0.25, -0.2) is 8.42 Å². The highest BCUT2D eigenvalue weighted by molar-refractivity contribution is 7.89. The summed E-state index contributed by atoms with van der Waals surface area (Å²) in [5.41, 5.74) is 0.544. The fraction of sp³-hybridized carbons (Fsp3) is 0.588. The van der Waals surface area contributed by atoms with Gasteiger partial charge >= 0.3 is 0 Å². The van der Waals surface area contributed by atoms with Crippen molar-refractivity contribution in [1.82, 2.24) is 14.5 Å². The quantitative estimate of drug-likeness (QED) is 0.857. The minimum Gasteiger partial charge on any atom is -0.336 e. The molecule has 2 heterocycles. The maximum atomic E-state index is 12.8. The second-order valence-electron chi connectivity index (χ2n) is 6.53. The number of hydrogen-bond acceptors (Lipinski definition) is 4. The van der Waals surface area contributed by atoms with Gasteiger partial charge in [-0.2, -0.15) is 4.31 Å². The van der Waals surface area contributed by atoms with Crippen molar-refractivity contribution >= 4 is 28.3 Å². The number of piperidine rings is 1. The molecule has 3 rings (SSSR count). The lowest BCUT2D eigenvalue weighted by molar-refractivity contribution is 0.0735. The minimum atomic E-state index is -3.48. The van der Waals surface area contributed by atoms with E-state index in [9.17, 15) is 13.2 Å². The Kier molecular flexibility index (Phi) is 6.85. The highest BCUT2D eigenvalue weighted by Crippen LogP contribution is 2.25. The van der Waals surface area contributed by atoms with Crippen molar-refractivity contribution in [1.29, 1.82) is 0 Å². The fourth-order valence-corrected chi connectivity index (χ4v) is 5.08. The summed E-state index contributed by atoms with van der Waals surface area (Å²) < 4.78 is 27.2. The van der Waals surface area contributed by atoms with Crippen LogP contribution in [0.1, 0.15) is 36.5 Å². The Hall–Kier alpha value is -1.15. The van der Waals surface area contributed by atoms with Crippen LogP contribution in [0, 0.1) is 0 Å². The van der Waals surface area contributed by atoms with Gasteiger partial charge in [-0.1, -0.05) is 6.42 Å². The molecule has 0 aromatic heterocycles. The minimum absolute atomic E-state index is 0. The van der Waals surface area contributed by atoms with Gasteiger partial charge in [-0.3, -0.25) is 4.79 Å². The van der Waals surface area contributed by atoms with Gasteiger partial charge in [-0.15, -0.1) is 12.4 Å². The summed E-state index contributed by atoms with van der Waals surface area (Å²) in [5, 5.41) is 3.21. The summed E-state index contributed by atoms with van der Waals surface area (Å²) in [6, 6.07) is 6.42. The number of halogens is 1. The Morgan fingerprint density at radius 2 is 1.72 bits per heavy atom. The number of rotatable bonds is 3. The van der Waals surface area contributed by atoms with E-state index in [4.69, 9.17) is 0 Å². The highest BCUT2D eigenvalue weighted by Gasteiger charge is 2.31. The van der Waals surface area contributed by atoms with E-state index in [0.29, 0.717) is 25.2 Å². The number of carbonyl (C=O) groups is 1. The number of nitrogens with one attached hydrogen (secondary N) is 1. The zero-order valence-corrected chi connectivity index (χ0v) is 16.1. The lowest BCUT2D eigenvalue weighted by Crippen LogP contribution is -2.46. The van der Waals surface area contributed by atoms with Crippen LogP contribution in [0.25, 0.3) is 0 Å². The van der Waals surface area contributed by atoms with E-state index < -0.39 is 10.0 Å². The average Bonchev–Trinajstić information content (AvgIpc) is 2.62. The predicted molar refractivity (Wildman–Crippen MR) is 99.7 cm³/mol. The first kappa shape index (κ1) is 20.2. The van der Waals surface area contributed by atoms with Crippen LogP contribution in [-0.4, -0.2) is 62.3 Å². The molecule has 0 spiro atoms. The molecule has 1 N–H and O–H groups in total. The SMILES string of the molecule is CC1CCCCN1S(=O)(=O)c1ccc(C(=O)N2CCNCC2)cc1.Cl. The number of carbonyl (C=O) groups excluding carboxylic acids is 1. The Morgan fingerprint density at radius 3 is 2.32 bits per heavy atom. The molecule has 0 radical (unpaired) electrons. The number of hydrogen-bond donors (Lipinski definition) is 1. The molecule has 1 unspecified atom stereocenters. The van der Waals surface area contributed by atoms with E-state index in [1.165, 1.54) is 0 Å². The van der Waals surface area contributed by atoms with Crippen LogP contribution in [0.3, 0.4) is 0 Å². The Balaban J connectivity index is 0.00000225. The normalized spacial score (nSPS) is 22.3. The molecule has 1 amide bonds. The molecule has 1 aromatic carbocycles. The summed E-state index contributed by atoms with van der Waals surface area (Å²) in [7, 11) is -3.48. The van der Waals surface area contributed by atoms with Gasteiger partial charge in [0.25, 0.3) is 5.91 Å². The van der Waals surface area contributed by atoms with Crippen LogP contribution in [-0.2, 0) is 10.0 Å². The predicted octanol–water partition coefficient (Wildman–Crippen LogP) is 1.72. The van der Waals surface area contributed by atoms with Crippen molar-refractivity contribution < 1.29 is 13.2 Å². The number of sulfonamides is 1. The summed E-state index contributed by atoms with van der Waals surface area (Å²) in [6.45, 7) is 5.49. The van der Waals surface area contributed by atoms with Crippen molar-refractivity contribution in [2.45, 2.75) is 37.1 Å². The third-order valence-corrected chi connectivity index (χ3v) is 6.88. The topological polar surface area (TPSA) is 69.7 Å². The highest BCUT2D eigenvalue weighted by atomic mass is 35.5. The molecule has 0 saturated carbocycles. The van der Waals surface area contributed by atoms with E-state index in [1.807, 2.05) is 6.92 Å². The molecule has 1 aromatic rings. The van der Waals surface area contributed by atoms with Gasteiger partial charge in [0.2, 0.25) is 10.0 Å². The second-order valence-corrected chi connectivity index (χ2v) is 8.42. The number of piperazine rings is 1. The van der Waals surface area contributed by atoms with Crippen molar-refractivity contribution in [2.75, 3.05) is 32.7 Å². The molecule has 0 aliphatic carbocycles. The van der Waals surface area contributed by atoms with Crippen molar-refractivity contribution in [2.24, 2.45) is 0 Å². The van der Waals surface area contributed by atoms with Crippen LogP contribution < -0.4 is 5.32 Å². The lowest BCUT2D eigenvalue weighted by atomic mass is 10.1. The zero-order valence-electron chi connectivity index (χ0n) is 14.5. The van der Waals surface area contributed by atoms with Gasteiger partial charge in [0.1, 0.15) is 0 Å². The largest absolute Gasteiger partial charge is 0.336 e. The maximum absolute atomic E-state index is 12.8. The molecule has 1 atom stereocenters. The van der Waals surface area contributed by atoms with E-state index in [2.05, 4.69) is 5.32 Å². The summed E-state index contributed by atoms with van der Waals surface area (Å²) >= 11 is 0. The van der Waals surface area contributed by atoms with Crippen LogP contribution >= 0.6 is 12.4 Å². The number of nitrogens with zero attached hydrogens (tertiary/aromatic N) is 2. The van der Waals surface area contributed by atoms with Gasteiger partial charge in [0, 0.05) is 44.3 Å². The molecule has 2 aliphatic heterocycles. The monoisotopic (exact) mass is 387 g/mol. The molecular formula is C17H26ClN3O3S. The van der Waals surface area contributed by atoms with Crippen molar-refractivity contribution in [3.8, 4) is 0 Å². The summed E-state index contributed by atoms with van der Waals surface area (Å²) in [5.74, 6) is -0.0354. The molecule has 8 heteroatoms. The van der Waals surface area contributed by atoms with Crippen LogP contribution in [0.5, 0.6) is 0 Å².